The average Bonchev–Trinajstić information content (AvgIpc) is 2.42. The molecule has 1 atom stereocenters. The van der Waals surface area contributed by atoms with E-state index in [1.165, 1.54) is 0 Å². The number of hydrogen-bond donors (Lipinski definition) is 2. The van der Waals surface area contributed by atoms with Crippen LogP contribution in [0.3, 0.4) is 0 Å². The SMILES string of the molecule is C=C1CC(C)C(c2ccc(N(CC)CC)c(N)c2)=NN1. The first-order valence-electron chi connectivity index (χ1n) is 7.23. The topological polar surface area (TPSA) is 53.6 Å². The molecule has 1 aliphatic heterocycles. The summed E-state index contributed by atoms with van der Waals surface area (Å²) < 4.78 is 0. The van der Waals surface area contributed by atoms with Crippen molar-refractivity contribution in [3.63, 3.8) is 0 Å². The van der Waals surface area contributed by atoms with Crippen molar-refractivity contribution in [1.82, 2.24) is 5.43 Å². The maximum atomic E-state index is 6.22. The van der Waals surface area contributed by atoms with Crippen molar-refractivity contribution in [2.24, 2.45) is 11.0 Å². The fraction of sp³-hybridized carbons (Fsp3) is 0.438. The monoisotopic (exact) mass is 272 g/mol. The van der Waals surface area contributed by atoms with Crippen LogP contribution < -0.4 is 16.1 Å². The van der Waals surface area contributed by atoms with Crippen LogP contribution in [0.1, 0.15) is 32.8 Å². The molecule has 0 fully saturated rings. The summed E-state index contributed by atoms with van der Waals surface area (Å²) in [6.07, 6.45) is 0.913. The molecule has 0 saturated heterocycles. The van der Waals surface area contributed by atoms with Gasteiger partial charge in [0.05, 0.1) is 17.1 Å². The summed E-state index contributed by atoms with van der Waals surface area (Å²) in [5, 5.41) is 4.42. The van der Waals surface area contributed by atoms with Crippen LogP contribution in [-0.4, -0.2) is 18.8 Å². The van der Waals surface area contributed by atoms with E-state index in [9.17, 15) is 0 Å². The van der Waals surface area contributed by atoms with E-state index >= 15 is 0 Å². The predicted octanol–water partition coefficient (Wildman–Crippen LogP) is 2.96. The highest BCUT2D eigenvalue weighted by molar-refractivity contribution is 6.03. The second-order valence-electron chi connectivity index (χ2n) is 5.26. The molecule has 4 heteroatoms. The minimum absolute atomic E-state index is 0.363. The van der Waals surface area contributed by atoms with Crippen LogP contribution in [0.2, 0.25) is 0 Å². The van der Waals surface area contributed by atoms with E-state index in [4.69, 9.17) is 5.73 Å². The van der Waals surface area contributed by atoms with Gasteiger partial charge in [-0.1, -0.05) is 19.6 Å². The van der Waals surface area contributed by atoms with E-state index < -0.39 is 0 Å². The molecule has 1 aromatic carbocycles. The normalized spacial score (nSPS) is 18.4. The lowest BCUT2D eigenvalue weighted by atomic mass is 9.93. The molecule has 4 nitrogen and oxygen atoms in total. The first kappa shape index (κ1) is 14.4. The molecule has 1 aromatic rings. The van der Waals surface area contributed by atoms with Crippen molar-refractivity contribution in [3.05, 3.63) is 36.0 Å². The summed E-state index contributed by atoms with van der Waals surface area (Å²) in [5.74, 6) is 0.363. The number of benzene rings is 1. The first-order chi connectivity index (χ1) is 9.56. The van der Waals surface area contributed by atoms with Crippen LogP contribution in [0.15, 0.2) is 35.6 Å². The van der Waals surface area contributed by atoms with E-state index in [1.54, 1.807) is 0 Å². The number of anilines is 2. The summed E-state index contributed by atoms with van der Waals surface area (Å²) in [5.41, 5.74) is 14.2. The summed E-state index contributed by atoms with van der Waals surface area (Å²) in [4.78, 5) is 2.26. The summed E-state index contributed by atoms with van der Waals surface area (Å²) in [7, 11) is 0. The molecule has 20 heavy (non-hydrogen) atoms. The molecule has 1 heterocycles. The van der Waals surface area contributed by atoms with Crippen LogP contribution in [-0.2, 0) is 0 Å². The Morgan fingerprint density at radius 2 is 2.10 bits per heavy atom. The average molecular weight is 272 g/mol. The van der Waals surface area contributed by atoms with Crippen LogP contribution in [0.5, 0.6) is 0 Å². The van der Waals surface area contributed by atoms with Gasteiger partial charge in [0.2, 0.25) is 0 Å². The Kier molecular flexibility index (Phi) is 4.32. The smallest absolute Gasteiger partial charge is 0.0712 e. The number of nitrogens with two attached hydrogens (primary N) is 1. The van der Waals surface area contributed by atoms with Gasteiger partial charge in [0.1, 0.15) is 0 Å². The van der Waals surface area contributed by atoms with Crippen molar-refractivity contribution in [2.45, 2.75) is 27.2 Å². The molecule has 108 valence electrons. The first-order valence-corrected chi connectivity index (χ1v) is 7.23. The summed E-state index contributed by atoms with van der Waals surface area (Å²) >= 11 is 0. The van der Waals surface area contributed by atoms with Crippen LogP contribution in [0.25, 0.3) is 0 Å². The van der Waals surface area contributed by atoms with E-state index in [0.29, 0.717) is 5.92 Å². The van der Waals surface area contributed by atoms with E-state index in [2.05, 4.69) is 54.9 Å². The second-order valence-corrected chi connectivity index (χ2v) is 5.26. The highest BCUT2D eigenvalue weighted by Gasteiger charge is 2.19. The van der Waals surface area contributed by atoms with E-state index in [-0.39, 0.29) is 0 Å². The molecule has 0 aliphatic carbocycles. The fourth-order valence-electron chi connectivity index (χ4n) is 2.68. The van der Waals surface area contributed by atoms with Crippen LogP contribution in [0.4, 0.5) is 11.4 Å². The quantitative estimate of drug-likeness (QED) is 0.829. The van der Waals surface area contributed by atoms with Gasteiger partial charge in [-0.3, -0.25) is 5.43 Å². The Labute approximate surface area is 121 Å². The van der Waals surface area contributed by atoms with Gasteiger partial charge in [-0.15, -0.1) is 0 Å². The Balaban J connectivity index is 2.32. The summed E-state index contributed by atoms with van der Waals surface area (Å²) in [6, 6.07) is 6.23. The maximum Gasteiger partial charge on any atom is 0.0712 e. The van der Waals surface area contributed by atoms with Gasteiger partial charge in [-0.05, 0) is 32.4 Å². The predicted molar refractivity (Wildman–Crippen MR) is 87.0 cm³/mol. The number of hydrogen-bond acceptors (Lipinski definition) is 4. The number of allylic oxidation sites excluding steroid dienone is 1. The van der Waals surface area contributed by atoms with Crippen LogP contribution in [0, 0.1) is 5.92 Å². The number of rotatable bonds is 4. The van der Waals surface area contributed by atoms with E-state index in [1.807, 2.05) is 6.07 Å². The zero-order chi connectivity index (χ0) is 14.7. The van der Waals surface area contributed by atoms with Gasteiger partial charge in [0.15, 0.2) is 0 Å². The molecule has 2 rings (SSSR count). The van der Waals surface area contributed by atoms with Gasteiger partial charge in [0, 0.05) is 30.3 Å². The number of nitrogen functional groups attached to an aromatic ring is 1. The molecule has 0 radical (unpaired) electrons. The van der Waals surface area contributed by atoms with E-state index in [0.717, 1.165) is 47.9 Å². The lowest BCUT2D eigenvalue weighted by Gasteiger charge is -2.25. The van der Waals surface area contributed by atoms with Gasteiger partial charge < -0.3 is 10.6 Å². The molecular formula is C16H24N4. The molecule has 0 amide bonds. The van der Waals surface area contributed by atoms with Gasteiger partial charge in [-0.25, -0.2) is 0 Å². The highest BCUT2D eigenvalue weighted by atomic mass is 15.3. The van der Waals surface area contributed by atoms with Crippen molar-refractivity contribution in [1.29, 1.82) is 0 Å². The minimum atomic E-state index is 0.363. The highest BCUT2D eigenvalue weighted by Crippen LogP contribution is 2.27. The van der Waals surface area contributed by atoms with Crippen molar-refractivity contribution in [2.75, 3.05) is 23.7 Å². The number of nitrogens with one attached hydrogen (secondary N) is 1. The van der Waals surface area contributed by atoms with Gasteiger partial charge in [-0.2, -0.15) is 5.10 Å². The molecule has 0 aromatic heterocycles. The Hall–Kier alpha value is -1.97. The summed E-state index contributed by atoms with van der Waals surface area (Å²) in [6.45, 7) is 12.3. The zero-order valence-corrected chi connectivity index (χ0v) is 12.6. The molecule has 3 N–H and O–H groups in total. The largest absolute Gasteiger partial charge is 0.397 e. The third-order valence-corrected chi connectivity index (χ3v) is 3.78. The third kappa shape index (κ3) is 2.79. The fourth-order valence-corrected chi connectivity index (χ4v) is 2.68. The lowest BCUT2D eigenvalue weighted by molar-refractivity contribution is 0.653. The molecular weight excluding hydrogens is 248 g/mol. The maximum absolute atomic E-state index is 6.22. The lowest BCUT2D eigenvalue weighted by Crippen LogP contribution is -2.26. The minimum Gasteiger partial charge on any atom is -0.397 e. The Bertz CT molecular complexity index is 529. The molecule has 0 spiro atoms. The van der Waals surface area contributed by atoms with Crippen molar-refractivity contribution in [3.8, 4) is 0 Å². The van der Waals surface area contributed by atoms with Gasteiger partial charge >= 0.3 is 0 Å². The van der Waals surface area contributed by atoms with Crippen molar-refractivity contribution < 1.29 is 0 Å². The van der Waals surface area contributed by atoms with Crippen molar-refractivity contribution >= 4 is 17.1 Å². The molecule has 1 unspecified atom stereocenters. The molecule has 0 bridgehead atoms. The Morgan fingerprint density at radius 1 is 1.40 bits per heavy atom. The second kappa shape index (κ2) is 5.99. The number of hydrazone groups is 1. The molecule has 0 saturated carbocycles. The standard InChI is InChI=1S/C16H24N4/c1-5-20(6-2)15-8-7-13(10-14(15)17)16-11(3)9-12(4)18-19-16/h7-8,10-11,18H,4-6,9,17H2,1-3H3. The Morgan fingerprint density at radius 3 is 2.65 bits per heavy atom. The zero-order valence-electron chi connectivity index (χ0n) is 12.6. The number of nitrogens with zero attached hydrogens (tertiary/aromatic N) is 2. The van der Waals surface area contributed by atoms with Gasteiger partial charge in [0.25, 0.3) is 0 Å². The van der Waals surface area contributed by atoms with Crippen LogP contribution >= 0.6 is 0 Å². The molecule has 1 aliphatic rings. The third-order valence-electron chi connectivity index (χ3n) is 3.78.